The molecule has 2 rings (SSSR count). The molecule has 1 unspecified atom stereocenters. The van der Waals surface area contributed by atoms with Crippen LogP contribution in [0, 0.1) is 0 Å². The fraction of sp³-hybridized carbons (Fsp3) is 0.400. The highest BCUT2D eigenvalue weighted by atomic mass is 16.5. The van der Waals surface area contributed by atoms with E-state index >= 15 is 0 Å². The van der Waals surface area contributed by atoms with Crippen molar-refractivity contribution in [2.45, 2.75) is 19.4 Å². The zero-order valence-electron chi connectivity index (χ0n) is 11.1. The van der Waals surface area contributed by atoms with Crippen LogP contribution in [0.25, 0.3) is 6.08 Å². The Labute approximate surface area is 113 Å². The molecule has 0 bridgehead atoms. The number of benzene rings is 1. The topological polar surface area (TPSA) is 49.8 Å². The molecule has 1 fully saturated rings. The summed E-state index contributed by atoms with van der Waals surface area (Å²) >= 11 is 0. The molecule has 4 heteroatoms. The second kappa shape index (κ2) is 6.38. The molecule has 0 radical (unpaired) electrons. The highest BCUT2D eigenvalue weighted by Gasteiger charge is 2.22. The molecule has 4 nitrogen and oxygen atoms in total. The first-order valence-electron chi connectivity index (χ1n) is 6.56. The van der Waals surface area contributed by atoms with Crippen molar-refractivity contribution in [1.29, 1.82) is 0 Å². The van der Waals surface area contributed by atoms with Gasteiger partial charge in [0.2, 0.25) is 0 Å². The van der Waals surface area contributed by atoms with E-state index in [-0.39, 0.29) is 0 Å². The normalized spacial score (nSPS) is 19.8. The maximum Gasteiger partial charge on any atom is 0.328 e. The van der Waals surface area contributed by atoms with Crippen molar-refractivity contribution < 1.29 is 14.6 Å². The van der Waals surface area contributed by atoms with Gasteiger partial charge in [-0.05, 0) is 24.1 Å². The smallest absolute Gasteiger partial charge is 0.328 e. The first-order chi connectivity index (χ1) is 9.22. The van der Waals surface area contributed by atoms with Gasteiger partial charge in [0.15, 0.2) is 0 Å². The van der Waals surface area contributed by atoms with Gasteiger partial charge >= 0.3 is 5.97 Å². The number of carboxylic acid groups (broad SMARTS) is 1. The predicted molar refractivity (Wildman–Crippen MR) is 75.4 cm³/mol. The standard InChI is InChI=1S/C15H19NO3/c1-2-13-11-19-10-9-16(13)14-6-4-3-5-12(14)7-8-15(17)18/h3-8,13H,2,9-11H2,1H3,(H,17,18)/b8-7+. The maximum atomic E-state index is 10.7. The Kier molecular flexibility index (Phi) is 4.58. The summed E-state index contributed by atoms with van der Waals surface area (Å²) in [5, 5.41) is 8.75. The average Bonchev–Trinajstić information content (AvgIpc) is 2.45. The van der Waals surface area contributed by atoms with Crippen LogP contribution in [0.15, 0.2) is 30.3 Å². The number of carboxylic acids is 1. The van der Waals surface area contributed by atoms with E-state index in [9.17, 15) is 4.79 Å². The van der Waals surface area contributed by atoms with Gasteiger partial charge < -0.3 is 14.7 Å². The van der Waals surface area contributed by atoms with Crippen molar-refractivity contribution in [1.82, 2.24) is 0 Å². The van der Waals surface area contributed by atoms with Gasteiger partial charge in [-0.25, -0.2) is 4.79 Å². The number of hydrogen-bond donors (Lipinski definition) is 1. The van der Waals surface area contributed by atoms with E-state index in [0.29, 0.717) is 12.6 Å². The lowest BCUT2D eigenvalue weighted by molar-refractivity contribution is -0.131. The molecule has 1 heterocycles. The molecule has 102 valence electrons. The van der Waals surface area contributed by atoms with Crippen LogP contribution < -0.4 is 4.90 Å². The molecule has 1 aliphatic rings. The molecule has 0 aromatic heterocycles. The molecule has 1 aliphatic heterocycles. The van der Waals surface area contributed by atoms with Gasteiger partial charge in [-0.2, -0.15) is 0 Å². The van der Waals surface area contributed by atoms with Gasteiger partial charge in [-0.1, -0.05) is 25.1 Å². The summed E-state index contributed by atoms with van der Waals surface area (Å²) in [4.78, 5) is 13.0. The van der Waals surface area contributed by atoms with E-state index in [1.165, 1.54) is 6.08 Å². The summed E-state index contributed by atoms with van der Waals surface area (Å²) in [6, 6.07) is 8.24. The molecule has 1 aromatic rings. The van der Waals surface area contributed by atoms with Gasteiger partial charge in [0.25, 0.3) is 0 Å². The van der Waals surface area contributed by atoms with Gasteiger partial charge in [-0.3, -0.25) is 0 Å². The molecule has 0 saturated carbocycles. The molecular weight excluding hydrogens is 242 g/mol. The van der Waals surface area contributed by atoms with E-state index in [1.54, 1.807) is 6.08 Å². The lowest BCUT2D eigenvalue weighted by Gasteiger charge is -2.37. The van der Waals surface area contributed by atoms with E-state index in [2.05, 4.69) is 11.8 Å². The number of rotatable bonds is 4. The summed E-state index contributed by atoms with van der Waals surface area (Å²) in [7, 11) is 0. The fourth-order valence-electron chi connectivity index (χ4n) is 2.36. The zero-order valence-corrected chi connectivity index (χ0v) is 11.1. The largest absolute Gasteiger partial charge is 0.478 e. The summed E-state index contributed by atoms with van der Waals surface area (Å²) < 4.78 is 5.51. The van der Waals surface area contributed by atoms with E-state index in [1.807, 2.05) is 24.3 Å². The van der Waals surface area contributed by atoms with Crippen molar-refractivity contribution >= 4 is 17.7 Å². The van der Waals surface area contributed by atoms with Crippen LogP contribution in [-0.2, 0) is 9.53 Å². The Bertz CT molecular complexity index is 470. The molecule has 0 spiro atoms. The van der Waals surface area contributed by atoms with Crippen LogP contribution in [0.1, 0.15) is 18.9 Å². The maximum absolute atomic E-state index is 10.7. The summed E-state index contributed by atoms with van der Waals surface area (Å²) in [5.74, 6) is -0.927. The molecule has 1 saturated heterocycles. The lowest BCUT2D eigenvalue weighted by Crippen LogP contribution is -2.45. The zero-order chi connectivity index (χ0) is 13.7. The Hall–Kier alpha value is -1.81. The number of morpholine rings is 1. The van der Waals surface area contributed by atoms with Crippen LogP contribution in [0.3, 0.4) is 0 Å². The van der Waals surface area contributed by atoms with Crippen LogP contribution in [0.2, 0.25) is 0 Å². The third-order valence-electron chi connectivity index (χ3n) is 3.35. The monoisotopic (exact) mass is 261 g/mol. The Morgan fingerprint density at radius 3 is 3.05 bits per heavy atom. The lowest BCUT2D eigenvalue weighted by atomic mass is 10.1. The van der Waals surface area contributed by atoms with E-state index < -0.39 is 5.97 Å². The Balaban J connectivity index is 2.29. The van der Waals surface area contributed by atoms with Crippen molar-refractivity contribution in [2.24, 2.45) is 0 Å². The fourth-order valence-corrected chi connectivity index (χ4v) is 2.36. The van der Waals surface area contributed by atoms with Gasteiger partial charge in [0.05, 0.1) is 19.3 Å². The minimum absolute atomic E-state index is 0.355. The third kappa shape index (κ3) is 3.35. The Morgan fingerprint density at radius 2 is 2.32 bits per heavy atom. The number of aliphatic carboxylic acids is 1. The number of carbonyl (C=O) groups is 1. The Morgan fingerprint density at radius 1 is 1.53 bits per heavy atom. The highest BCUT2D eigenvalue weighted by Crippen LogP contribution is 2.26. The third-order valence-corrected chi connectivity index (χ3v) is 3.35. The van der Waals surface area contributed by atoms with Crippen LogP contribution in [0.5, 0.6) is 0 Å². The molecular formula is C15H19NO3. The van der Waals surface area contributed by atoms with Crippen molar-refractivity contribution in [2.75, 3.05) is 24.7 Å². The second-order valence-electron chi connectivity index (χ2n) is 4.56. The van der Waals surface area contributed by atoms with Crippen molar-refractivity contribution in [3.63, 3.8) is 0 Å². The molecule has 1 aromatic carbocycles. The van der Waals surface area contributed by atoms with E-state index in [4.69, 9.17) is 9.84 Å². The SMILES string of the molecule is CCC1COCCN1c1ccccc1/C=C/C(=O)O. The summed E-state index contributed by atoms with van der Waals surface area (Å²) in [5.41, 5.74) is 2.01. The first kappa shape index (κ1) is 13.6. The van der Waals surface area contributed by atoms with Crippen molar-refractivity contribution in [3.05, 3.63) is 35.9 Å². The molecule has 0 amide bonds. The molecule has 19 heavy (non-hydrogen) atoms. The number of hydrogen-bond acceptors (Lipinski definition) is 3. The second-order valence-corrected chi connectivity index (χ2v) is 4.56. The summed E-state index contributed by atoms with van der Waals surface area (Å²) in [6.45, 7) is 4.43. The molecule has 1 N–H and O–H groups in total. The van der Waals surface area contributed by atoms with Gasteiger partial charge in [-0.15, -0.1) is 0 Å². The first-order valence-corrected chi connectivity index (χ1v) is 6.56. The van der Waals surface area contributed by atoms with Crippen LogP contribution in [0.4, 0.5) is 5.69 Å². The predicted octanol–water partition coefficient (Wildman–Crippen LogP) is 2.40. The minimum Gasteiger partial charge on any atom is -0.478 e. The number of para-hydroxylation sites is 1. The molecule has 0 aliphatic carbocycles. The van der Waals surface area contributed by atoms with Gasteiger partial charge in [0.1, 0.15) is 0 Å². The van der Waals surface area contributed by atoms with Crippen LogP contribution >= 0.6 is 0 Å². The molecule has 1 atom stereocenters. The average molecular weight is 261 g/mol. The number of ether oxygens (including phenoxy) is 1. The summed E-state index contributed by atoms with van der Waals surface area (Å²) in [6.07, 6.45) is 3.84. The highest BCUT2D eigenvalue weighted by molar-refractivity contribution is 5.87. The number of nitrogens with zero attached hydrogens (tertiary/aromatic N) is 1. The van der Waals surface area contributed by atoms with Gasteiger partial charge in [0, 0.05) is 18.3 Å². The minimum atomic E-state index is -0.927. The quantitative estimate of drug-likeness (QED) is 0.846. The van der Waals surface area contributed by atoms with E-state index in [0.717, 1.165) is 30.8 Å². The van der Waals surface area contributed by atoms with Crippen LogP contribution in [-0.4, -0.2) is 36.9 Å². The van der Waals surface area contributed by atoms with Crippen molar-refractivity contribution in [3.8, 4) is 0 Å². The number of anilines is 1.